The molecule has 53 heavy (non-hydrogen) atoms. The first-order valence-corrected chi connectivity index (χ1v) is 23.2. The van der Waals surface area contributed by atoms with Crippen LogP contribution in [0.3, 0.4) is 0 Å². The first-order valence-electron chi connectivity index (χ1n) is 23.2. The van der Waals surface area contributed by atoms with Gasteiger partial charge in [0.05, 0.1) is 19.6 Å². The summed E-state index contributed by atoms with van der Waals surface area (Å²) >= 11 is 0. The summed E-state index contributed by atoms with van der Waals surface area (Å²) in [7, 11) is 0. The van der Waals surface area contributed by atoms with E-state index in [0.717, 1.165) is 57.4 Å². The Bertz CT molecular complexity index is 845. The van der Waals surface area contributed by atoms with E-state index >= 15 is 0 Å². The van der Waals surface area contributed by atoms with Crippen molar-refractivity contribution >= 4 is 17.8 Å². The summed E-state index contributed by atoms with van der Waals surface area (Å²) in [6, 6.07) is -1.07. The van der Waals surface area contributed by atoms with Crippen molar-refractivity contribution in [2.45, 2.75) is 246 Å². The number of hydrogen-bond donors (Lipinski definition) is 1. The number of hydrogen-bond acceptors (Lipinski definition) is 5. The van der Waals surface area contributed by atoms with Gasteiger partial charge in [-0.05, 0) is 43.6 Å². The van der Waals surface area contributed by atoms with Gasteiger partial charge in [0.15, 0.2) is 0 Å². The van der Waals surface area contributed by atoms with Crippen LogP contribution in [-0.2, 0) is 23.9 Å². The van der Waals surface area contributed by atoms with Crippen LogP contribution in [0.25, 0.3) is 0 Å². The van der Waals surface area contributed by atoms with E-state index in [0.29, 0.717) is 25.0 Å². The van der Waals surface area contributed by atoms with E-state index < -0.39 is 23.9 Å². The third-order valence-electron chi connectivity index (χ3n) is 11.0. The van der Waals surface area contributed by atoms with E-state index in [1.54, 1.807) is 0 Å². The smallest absolute Gasteiger partial charge is 0.329 e. The molecule has 0 heterocycles. The van der Waals surface area contributed by atoms with Gasteiger partial charge in [0.2, 0.25) is 5.91 Å². The monoisotopic (exact) mass is 748 g/mol. The molecule has 0 saturated carbocycles. The Kier molecular flexibility index (Phi) is 38.4. The maximum absolute atomic E-state index is 13.4. The topological polar surface area (TPSA) is 81.7 Å². The lowest BCUT2D eigenvalue weighted by molar-refractivity contribution is -0.155. The molecule has 1 amide bonds. The van der Waals surface area contributed by atoms with Crippen LogP contribution >= 0.6 is 0 Å². The largest absolute Gasteiger partial charge is 0.465 e. The highest BCUT2D eigenvalue weighted by Gasteiger charge is 2.27. The lowest BCUT2D eigenvalue weighted by Crippen LogP contribution is -2.43. The number of carbonyl (C=O) groups excluding carboxylic acids is 3. The van der Waals surface area contributed by atoms with Crippen LogP contribution < -0.4 is 5.32 Å². The minimum absolute atomic E-state index is 0.222. The fourth-order valence-electron chi connectivity index (χ4n) is 7.34. The Morgan fingerprint density at radius 1 is 0.472 bits per heavy atom. The van der Waals surface area contributed by atoms with E-state index in [1.165, 1.54) is 154 Å². The quantitative estimate of drug-likeness (QED) is 0.0382. The van der Waals surface area contributed by atoms with E-state index in [9.17, 15) is 14.4 Å². The second-order valence-electron chi connectivity index (χ2n) is 16.2. The fraction of sp³-hybridized carbons (Fsp3) is 0.894. The van der Waals surface area contributed by atoms with Crippen LogP contribution in [0, 0.1) is 11.8 Å². The van der Waals surface area contributed by atoms with Crippen LogP contribution in [-0.4, -0.2) is 37.1 Å². The number of amides is 1. The number of esters is 2. The molecule has 312 valence electrons. The van der Waals surface area contributed by atoms with Crippen LogP contribution in [0.15, 0.2) is 12.7 Å². The van der Waals surface area contributed by atoms with E-state index in [1.807, 2.05) is 0 Å². The first-order chi connectivity index (χ1) is 25.9. The lowest BCUT2D eigenvalue weighted by atomic mass is 9.94. The second kappa shape index (κ2) is 39.8. The highest BCUT2D eigenvalue weighted by atomic mass is 16.5. The summed E-state index contributed by atoms with van der Waals surface area (Å²) in [5.74, 6) is -0.867. The van der Waals surface area contributed by atoms with Crippen molar-refractivity contribution in [3.8, 4) is 0 Å². The van der Waals surface area contributed by atoms with Crippen molar-refractivity contribution in [2.24, 2.45) is 11.8 Å². The zero-order valence-corrected chi connectivity index (χ0v) is 35.8. The molecule has 0 aromatic rings. The maximum Gasteiger partial charge on any atom is 0.329 e. The summed E-state index contributed by atoms with van der Waals surface area (Å²) in [5, 5.41) is 2.65. The Morgan fingerprint density at radius 3 is 1.09 bits per heavy atom. The molecular weight excluding hydrogens is 659 g/mol. The van der Waals surface area contributed by atoms with Gasteiger partial charge in [-0.1, -0.05) is 214 Å². The molecule has 0 fully saturated rings. The van der Waals surface area contributed by atoms with E-state index in [4.69, 9.17) is 9.47 Å². The minimum Gasteiger partial charge on any atom is -0.465 e. The highest BCUT2D eigenvalue weighted by molar-refractivity contribution is 5.92. The number of ether oxygens (including phenoxy) is 2. The Morgan fingerprint density at radius 2 is 0.774 bits per heavy atom. The molecule has 0 aromatic carbocycles. The predicted octanol–water partition coefficient (Wildman–Crippen LogP) is 13.9. The van der Waals surface area contributed by atoms with Gasteiger partial charge >= 0.3 is 11.9 Å². The molecule has 2 unspecified atom stereocenters. The Labute approximate surface area is 329 Å². The van der Waals surface area contributed by atoms with Gasteiger partial charge in [0.25, 0.3) is 0 Å². The zero-order valence-electron chi connectivity index (χ0n) is 35.8. The van der Waals surface area contributed by atoms with Crippen molar-refractivity contribution in [1.29, 1.82) is 0 Å². The molecule has 0 rings (SSSR count). The molecule has 0 bridgehead atoms. The number of unbranched alkanes of at least 4 members (excludes halogenated alkanes) is 24. The number of carbonyl (C=O) groups is 3. The van der Waals surface area contributed by atoms with Gasteiger partial charge in [-0.3, -0.25) is 9.59 Å². The van der Waals surface area contributed by atoms with Crippen LogP contribution in [0.5, 0.6) is 0 Å². The predicted molar refractivity (Wildman–Crippen MR) is 226 cm³/mol. The summed E-state index contributed by atoms with van der Waals surface area (Å²) in [6.07, 6.45) is 40.5. The van der Waals surface area contributed by atoms with Crippen molar-refractivity contribution in [3.63, 3.8) is 0 Å². The molecule has 6 nitrogen and oxygen atoms in total. The van der Waals surface area contributed by atoms with Gasteiger partial charge in [-0.15, -0.1) is 0 Å². The number of rotatable bonds is 41. The molecule has 0 spiro atoms. The second-order valence-corrected chi connectivity index (χ2v) is 16.2. The zero-order chi connectivity index (χ0) is 39.0. The van der Waals surface area contributed by atoms with Crippen LogP contribution in [0.2, 0.25) is 0 Å². The molecule has 0 aliphatic heterocycles. The van der Waals surface area contributed by atoms with Crippen molar-refractivity contribution in [3.05, 3.63) is 12.7 Å². The Hall–Kier alpha value is -1.85. The molecule has 3 atom stereocenters. The third-order valence-corrected chi connectivity index (χ3v) is 11.0. The average molecular weight is 748 g/mol. The maximum atomic E-state index is 13.4. The lowest BCUT2D eigenvalue weighted by Gasteiger charge is -2.21. The summed E-state index contributed by atoms with van der Waals surface area (Å²) in [4.78, 5) is 38.8. The molecule has 1 N–H and O–H groups in total. The van der Waals surface area contributed by atoms with Crippen molar-refractivity contribution in [2.75, 3.05) is 13.2 Å². The van der Waals surface area contributed by atoms with Crippen LogP contribution in [0.1, 0.15) is 240 Å². The SMILES string of the molecule is C=CC(=O)NC(CC(=O)OCC(CCCCCCCC)CCCCCCCCCC)C(=O)OC[C@@H](CCCCCCCC)CCCCCCCCCC. The molecule has 6 heteroatoms. The minimum atomic E-state index is -1.07. The summed E-state index contributed by atoms with van der Waals surface area (Å²) in [5.41, 5.74) is 0. The fourth-order valence-corrected chi connectivity index (χ4v) is 7.34. The van der Waals surface area contributed by atoms with Crippen LogP contribution in [0.4, 0.5) is 0 Å². The molecule has 0 aliphatic carbocycles. The van der Waals surface area contributed by atoms with Gasteiger partial charge in [-0.2, -0.15) is 0 Å². The van der Waals surface area contributed by atoms with E-state index in [2.05, 4.69) is 39.6 Å². The van der Waals surface area contributed by atoms with Crippen molar-refractivity contribution < 1.29 is 23.9 Å². The molecule has 0 saturated heterocycles. The third kappa shape index (κ3) is 34.4. The van der Waals surface area contributed by atoms with Crippen molar-refractivity contribution in [1.82, 2.24) is 5.32 Å². The van der Waals surface area contributed by atoms with Gasteiger partial charge in [-0.25, -0.2) is 4.79 Å². The number of nitrogens with one attached hydrogen (secondary N) is 1. The molecule has 0 radical (unpaired) electrons. The molecule has 0 aromatic heterocycles. The van der Waals surface area contributed by atoms with Gasteiger partial charge < -0.3 is 14.8 Å². The highest BCUT2D eigenvalue weighted by Crippen LogP contribution is 2.22. The van der Waals surface area contributed by atoms with Gasteiger partial charge in [0, 0.05) is 0 Å². The summed E-state index contributed by atoms with van der Waals surface area (Å²) < 4.78 is 11.7. The van der Waals surface area contributed by atoms with Gasteiger partial charge in [0.1, 0.15) is 6.04 Å². The normalized spacial score (nSPS) is 13.0. The summed E-state index contributed by atoms with van der Waals surface area (Å²) in [6.45, 7) is 13.3. The average Bonchev–Trinajstić information content (AvgIpc) is 3.16. The van der Waals surface area contributed by atoms with E-state index in [-0.39, 0.29) is 6.42 Å². The molecular formula is C47H89NO5. The standard InChI is InChI=1S/C47H89NO5/c1-6-11-15-19-23-25-29-33-36-42(35-31-27-21-17-13-8-3)40-52-46(50)39-44(48-45(49)10-5)47(51)53-41-43(37-32-28-22-18-14-9-4)38-34-30-26-24-20-16-12-7-2/h10,42-44H,5-9,11-41H2,1-4H3,(H,48,49)/t42?,43-,44?/m0/s1. The first kappa shape index (κ1) is 51.1. The Balaban J connectivity index is 5.12. The molecule has 0 aliphatic rings.